The number of thiocarbonyl (C=S) groups is 1. The monoisotopic (exact) mass is 210 g/mol. The molecule has 0 amide bonds. The van der Waals surface area contributed by atoms with E-state index in [1.165, 1.54) is 5.56 Å². The van der Waals surface area contributed by atoms with Crippen LogP contribution in [0.3, 0.4) is 0 Å². The summed E-state index contributed by atoms with van der Waals surface area (Å²) in [6.45, 7) is 4.87. The zero-order valence-electron chi connectivity index (χ0n) is 8.50. The smallest absolute Gasteiger partial charge is 0.171 e. The average molecular weight is 210 g/mol. The Bertz CT molecular complexity index is 285. The molecule has 1 aromatic rings. The molecule has 0 aliphatic carbocycles. The van der Waals surface area contributed by atoms with Crippen LogP contribution in [-0.4, -0.2) is 11.2 Å². The van der Waals surface area contributed by atoms with Crippen LogP contribution in [0.15, 0.2) is 24.5 Å². The van der Waals surface area contributed by atoms with Crippen LogP contribution in [0.5, 0.6) is 0 Å². The maximum Gasteiger partial charge on any atom is 0.171 e. The van der Waals surface area contributed by atoms with Crippen LogP contribution < -0.4 is 15.6 Å². The van der Waals surface area contributed by atoms with Gasteiger partial charge in [-0.15, -0.1) is 0 Å². The molecule has 14 heavy (non-hydrogen) atoms. The highest BCUT2D eigenvalue weighted by atomic mass is 32.1. The Balaban J connectivity index is 2.31. The third-order valence-electron chi connectivity index (χ3n) is 1.64. The minimum Gasteiger partial charge on any atom is -0.361 e. The number of nitrogens with one attached hydrogen (secondary N) is 3. The molecule has 0 saturated heterocycles. The number of H-pyrrole nitrogens is 1. The van der Waals surface area contributed by atoms with E-state index in [9.17, 15) is 0 Å². The van der Waals surface area contributed by atoms with Gasteiger partial charge in [-0.3, -0.25) is 0 Å². The van der Waals surface area contributed by atoms with Crippen LogP contribution in [0.4, 0.5) is 0 Å². The average Bonchev–Trinajstić information content (AvgIpc) is 2.15. The van der Waals surface area contributed by atoms with Gasteiger partial charge in [0.2, 0.25) is 0 Å². The van der Waals surface area contributed by atoms with Crippen LogP contribution in [-0.2, 0) is 6.54 Å². The summed E-state index contributed by atoms with van der Waals surface area (Å²) in [5, 5.41) is 6.95. The van der Waals surface area contributed by atoms with Crippen molar-refractivity contribution in [3.63, 3.8) is 0 Å². The Hall–Kier alpha value is -1.16. The highest BCUT2D eigenvalue weighted by Gasteiger charge is 1.99. The maximum atomic E-state index is 5.10. The maximum absolute atomic E-state index is 5.10. The summed E-state index contributed by atoms with van der Waals surface area (Å²) in [6.07, 6.45) is 3.83. The lowest BCUT2D eigenvalue weighted by Gasteiger charge is -2.12. The van der Waals surface area contributed by atoms with Crippen molar-refractivity contribution in [3.8, 4) is 0 Å². The lowest BCUT2D eigenvalue weighted by atomic mass is 10.3. The van der Waals surface area contributed by atoms with Crippen molar-refractivity contribution in [1.29, 1.82) is 0 Å². The molecule has 0 aromatic carbocycles. The largest absolute Gasteiger partial charge is 0.361 e. The molecule has 4 heteroatoms. The van der Waals surface area contributed by atoms with Crippen molar-refractivity contribution in [2.24, 2.45) is 0 Å². The van der Waals surface area contributed by atoms with Crippen molar-refractivity contribution >= 4 is 17.3 Å². The minimum absolute atomic E-state index is 0.373. The highest BCUT2D eigenvalue weighted by molar-refractivity contribution is 7.80. The van der Waals surface area contributed by atoms with Crippen LogP contribution >= 0.6 is 12.2 Å². The van der Waals surface area contributed by atoms with Gasteiger partial charge in [-0.1, -0.05) is 0 Å². The normalized spacial score (nSPS) is 9.93. The summed E-state index contributed by atoms with van der Waals surface area (Å²) in [7, 11) is 0. The van der Waals surface area contributed by atoms with Gasteiger partial charge < -0.3 is 10.6 Å². The Labute approximate surface area is 89.9 Å². The first-order valence-electron chi connectivity index (χ1n) is 4.68. The van der Waals surface area contributed by atoms with Crippen LogP contribution in [0.2, 0.25) is 0 Å². The molecule has 0 atom stereocenters. The summed E-state index contributed by atoms with van der Waals surface area (Å²) >= 11 is 5.10. The summed E-state index contributed by atoms with van der Waals surface area (Å²) in [5.74, 6) is 0. The molecule has 0 fully saturated rings. The molecule has 1 rings (SSSR count). The van der Waals surface area contributed by atoms with Gasteiger partial charge in [0.1, 0.15) is 0 Å². The predicted octanol–water partition coefficient (Wildman–Crippen LogP) is 0.873. The Morgan fingerprint density at radius 1 is 1.57 bits per heavy atom. The van der Waals surface area contributed by atoms with E-state index in [0.717, 1.165) is 6.54 Å². The Kier molecular flexibility index (Phi) is 4.32. The van der Waals surface area contributed by atoms with Crippen LogP contribution in [0.25, 0.3) is 0 Å². The third-order valence-corrected chi connectivity index (χ3v) is 1.91. The van der Waals surface area contributed by atoms with E-state index in [-0.39, 0.29) is 0 Å². The lowest BCUT2D eigenvalue weighted by molar-refractivity contribution is -0.378. The Morgan fingerprint density at radius 2 is 2.36 bits per heavy atom. The molecule has 0 unspecified atom stereocenters. The molecule has 0 bridgehead atoms. The van der Waals surface area contributed by atoms with E-state index in [0.29, 0.717) is 11.2 Å². The molecule has 0 saturated carbocycles. The molecule has 0 spiro atoms. The summed E-state index contributed by atoms with van der Waals surface area (Å²) in [5.41, 5.74) is 1.18. The molecule has 1 heterocycles. The highest BCUT2D eigenvalue weighted by Crippen LogP contribution is 1.91. The Morgan fingerprint density at radius 3 is 2.93 bits per heavy atom. The van der Waals surface area contributed by atoms with E-state index >= 15 is 0 Å². The van der Waals surface area contributed by atoms with E-state index in [1.807, 2.05) is 24.5 Å². The molecule has 1 aromatic heterocycles. The molecule has 3 nitrogen and oxygen atoms in total. The van der Waals surface area contributed by atoms with E-state index in [1.54, 1.807) is 0 Å². The van der Waals surface area contributed by atoms with Gasteiger partial charge in [-0.05, 0) is 32.1 Å². The fourth-order valence-electron chi connectivity index (χ4n) is 1.04. The molecule has 76 valence electrons. The number of hydrogen-bond acceptors (Lipinski definition) is 1. The van der Waals surface area contributed by atoms with Gasteiger partial charge in [-0.2, -0.15) is 0 Å². The van der Waals surface area contributed by atoms with Gasteiger partial charge in [0.25, 0.3) is 0 Å². The SMILES string of the molecule is CC(C)NC(=S)NCc1ccc[nH+]c1. The number of pyridine rings is 1. The third kappa shape index (κ3) is 4.18. The second-order valence-corrected chi connectivity index (χ2v) is 3.80. The van der Waals surface area contributed by atoms with Gasteiger partial charge in [-0.25, -0.2) is 4.98 Å². The molecule has 0 radical (unpaired) electrons. The van der Waals surface area contributed by atoms with Crippen LogP contribution in [0, 0.1) is 0 Å². The zero-order valence-corrected chi connectivity index (χ0v) is 9.32. The van der Waals surface area contributed by atoms with E-state index < -0.39 is 0 Å². The quantitative estimate of drug-likeness (QED) is 0.727. The second-order valence-electron chi connectivity index (χ2n) is 3.39. The molecule has 0 aliphatic rings. The number of hydrogen-bond donors (Lipinski definition) is 2. The summed E-state index contributed by atoms with van der Waals surface area (Å²) in [6, 6.07) is 4.38. The van der Waals surface area contributed by atoms with Gasteiger partial charge in [0.15, 0.2) is 17.5 Å². The van der Waals surface area contributed by atoms with E-state index in [2.05, 4.69) is 29.5 Å². The topological polar surface area (TPSA) is 38.2 Å². The zero-order chi connectivity index (χ0) is 10.4. The van der Waals surface area contributed by atoms with Gasteiger partial charge in [0.05, 0.1) is 0 Å². The molecule has 3 N–H and O–H groups in total. The molecule has 0 aliphatic heterocycles. The van der Waals surface area contributed by atoms with E-state index in [4.69, 9.17) is 12.2 Å². The molecular formula is C10H16N3S+. The van der Waals surface area contributed by atoms with Crippen molar-refractivity contribution in [3.05, 3.63) is 30.1 Å². The number of rotatable bonds is 3. The first-order chi connectivity index (χ1) is 6.68. The summed E-state index contributed by atoms with van der Waals surface area (Å²) in [4.78, 5) is 3.02. The number of aromatic nitrogens is 1. The van der Waals surface area contributed by atoms with Gasteiger partial charge in [0, 0.05) is 24.2 Å². The predicted molar refractivity (Wildman–Crippen MR) is 60.7 cm³/mol. The fourth-order valence-corrected chi connectivity index (χ4v) is 1.34. The van der Waals surface area contributed by atoms with Crippen molar-refractivity contribution in [1.82, 2.24) is 10.6 Å². The van der Waals surface area contributed by atoms with Crippen molar-refractivity contribution in [2.45, 2.75) is 26.4 Å². The van der Waals surface area contributed by atoms with Crippen molar-refractivity contribution in [2.75, 3.05) is 0 Å². The lowest BCUT2D eigenvalue weighted by Crippen LogP contribution is -2.38. The molecular weight excluding hydrogens is 194 g/mol. The second kappa shape index (κ2) is 5.54. The van der Waals surface area contributed by atoms with Crippen molar-refractivity contribution < 1.29 is 4.98 Å². The first-order valence-corrected chi connectivity index (χ1v) is 5.08. The minimum atomic E-state index is 0.373. The fraction of sp³-hybridized carbons (Fsp3) is 0.400. The standard InChI is InChI=1S/C10H15N3S/c1-8(2)13-10(14)12-7-9-4-3-5-11-6-9/h3-6,8H,7H2,1-2H3,(H2,12,13,14)/p+1. The number of aromatic amines is 1. The van der Waals surface area contributed by atoms with Crippen LogP contribution in [0.1, 0.15) is 19.4 Å². The summed E-state index contributed by atoms with van der Waals surface area (Å²) < 4.78 is 0. The first kappa shape index (κ1) is 10.9. The van der Waals surface area contributed by atoms with Gasteiger partial charge >= 0.3 is 0 Å².